The van der Waals surface area contributed by atoms with Crippen molar-refractivity contribution in [3.05, 3.63) is 54.1 Å². The lowest BCUT2D eigenvalue weighted by Crippen LogP contribution is -1.78. The lowest BCUT2D eigenvalue weighted by molar-refractivity contribution is 0.599. The molecule has 0 fully saturated rings. The Morgan fingerprint density at radius 2 is 1.76 bits per heavy atom. The zero-order chi connectivity index (χ0) is 11.8. The second-order valence-corrected chi connectivity index (χ2v) is 3.64. The second-order valence-electron chi connectivity index (χ2n) is 3.64. The molecule has 1 heterocycles. The Balaban J connectivity index is 2.18. The molecule has 0 unspecified atom stereocenters. The largest absolute Gasteiger partial charge is 0.436 e. The van der Waals surface area contributed by atoms with Gasteiger partial charge in [-0.1, -0.05) is 6.07 Å². The van der Waals surface area contributed by atoms with Crippen LogP contribution in [-0.2, 0) is 0 Å². The first-order valence-corrected chi connectivity index (χ1v) is 5.04. The maximum Gasteiger partial charge on any atom is 0.227 e. The Kier molecular flexibility index (Phi) is 2.14. The van der Waals surface area contributed by atoms with Gasteiger partial charge in [0.15, 0.2) is 5.58 Å². The van der Waals surface area contributed by atoms with Crippen molar-refractivity contribution in [2.75, 3.05) is 0 Å². The molecule has 3 rings (SSSR count). The fraction of sp³-hybridized carbons (Fsp3) is 0. The van der Waals surface area contributed by atoms with Gasteiger partial charge in [-0.3, -0.25) is 0 Å². The molecule has 3 aromatic rings. The summed E-state index contributed by atoms with van der Waals surface area (Å²) in [4.78, 5) is 4.17. The van der Waals surface area contributed by atoms with Gasteiger partial charge in [0.1, 0.15) is 17.2 Å². The summed E-state index contributed by atoms with van der Waals surface area (Å²) < 4.78 is 31.4. The van der Waals surface area contributed by atoms with Crippen molar-refractivity contribution in [2.45, 2.75) is 0 Å². The smallest absolute Gasteiger partial charge is 0.227 e. The van der Waals surface area contributed by atoms with Gasteiger partial charge in [0.2, 0.25) is 5.89 Å². The molecule has 2 aromatic carbocycles. The molecular weight excluding hydrogens is 224 g/mol. The highest BCUT2D eigenvalue weighted by Gasteiger charge is 2.09. The molecule has 84 valence electrons. The zero-order valence-electron chi connectivity index (χ0n) is 8.65. The highest BCUT2D eigenvalue weighted by molar-refractivity contribution is 5.76. The molecule has 4 heteroatoms. The third-order valence-corrected chi connectivity index (χ3v) is 2.42. The van der Waals surface area contributed by atoms with Gasteiger partial charge in [0.05, 0.1) is 0 Å². The number of rotatable bonds is 1. The van der Waals surface area contributed by atoms with Gasteiger partial charge in [-0.05, 0) is 30.3 Å². The van der Waals surface area contributed by atoms with Crippen LogP contribution in [0.2, 0.25) is 0 Å². The number of benzene rings is 2. The first kappa shape index (κ1) is 9.96. The molecule has 0 radical (unpaired) electrons. The lowest BCUT2D eigenvalue weighted by Gasteiger charge is -1.93. The molecular formula is C13H7F2NO. The topological polar surface area (TPSA) is 26.0 Å². The average Bonchev–Trinajstić information content (AvgIpc) is 2.72. The predicted octanol–water partition coefficient (Wildman–Crippen LogP) is 3.77. The molecule has 0 spiro atoms. The zero-order valence-corrected chi connectivity index (χ0v) is 8.65. The fourth-order valence-electron chi connectivity index (χ4n) is 1.64. The maximum absolute atomic E-state index is 13.0. The minimum atomic E-state index is -0.389. The van der Waals surface area contributed by atoms with E-state index in [0.717, 1.165) is 0 Å². The van der Waals surface area contributed by atoms with E-state index in [-0.39, 0.29) is 17.5 Å². The van der Waals surface area contributed by atoms with E-state index in [1.807, 2.05) is 0 Å². The minimum absolute atomic E-state index is 0.283. The molecule has 0 saturated carbocycles. The molecule has 0 aliphatic rings. The molecule has 0 N–H and O–H groups in total. The van der Waals surface area contributed by atoms with Crippen LogP contribution in [0.4, 0.5) is 8.78 Å². The monoisotopic (exact) mass is 231 g/mol. The quantitative estimate of drug-likeness (QED) is 0.637. The summed E-state index contributed by atoms with van der Waals surface area (Å²) in [7, 11) is 0. The number of hydrogen-bond donors (Lipinski definition) is 0. The SMILES string of the molecule is Fc1cccc(-c2nc3ccc(F)cc3o2)c1. The summed E-state index contributed by atoms with van der Waals surface area (Å²) in [6.45, 7) is 0. The summed E-state index contributed by atoms with van der Waals surface area (Å²) >= 11 is 0. The predicted molar refractivity (Wildman–Crippen MR) is 59.4 cm³/mol. The molecule has 0 saturated heterocycles. The van der Waals surface area contributed by atoms with Crippen molar-refractivity contribution in [2.24, 2.45) is 0 Å². The number of fused-ring (bicyclic) bond motifs is 1. The lowest BCUT2D eigenvalue weighted by atomic mass is 10.2. The summed E-state index contributed by atoms with van der Waals surface area (Å²) in [5.41, 5.74) is 1.43. The maximum atomic E-state index is 13.0. The van der Waals surface area contributed by atoms with Crippen LogP contribution in [0.15, 0.2) is 46.9 Å². The fourth-order valence-corrected chi connectivity index (χ4v) is 1.64. The Labute approximate surface area is 95.5 Å². The standard InChI is InChI=1S/C13H7F2NO/c14-9-3-1-2-8(6-9)13-16-11-5-4-10(15)7-12(11)17-13/h1-7H. The van der Waals surface area contributed by atoms with E-state index in [0.29, 0.717) is 16.7 Å². The van der Waals surface area contributed by atoms with E-state index >= 15 is 0 Å². The van der Waals surface area contributed by atoms with Gasteiger partial charge < -0.3 is 4.42 Å². The summed E-state index contributed by atoms with van der Waals surface area (Å²) in [6, 6.07) is 10.00. The van der Waals surface area contributed by atoms with Gasteiger partial charge in [-0.2, -0.15) is 0 Å². The first-order chi connectivity index (χ1) is 8.22. The Hall–Kier alpha value is -2.23. The third-order valence-electron chi connectivity index (χ3n) is 2.42. The Bertz CT molecular complexity index is 691. The minimum Gasteiger partial charge on any atom is -0.436 e. The number of aromatic nitrogens is 1. The van der Waals surface area contributed by atoms with E-state index in [1.165, 1.54) is 30.3 Å². The highest BCUT2D eigenvalue weighted by Crippen LogP contribution is 2.24. The van der Waals surface area contributed by atoms with Crippen LogP contribution in [-0.4, -0.2) is 4.98 Å². The van der Waals surface area contributed by atoms with E-state index in [2.05, 4.69) is 4.98 Å². The van der Waals surface area contributed by atoms with Crippen molar-refractivity contribution in [3.8, 4) is 11.5 Å². The van der Waals surface area contributed by atoms with Gasteiger partial charge >= 0.3 is 0 Å². The van der Waals surface area contributed by atoms with E-state index in [1.54, 1.807) is 12.1 Å². The van der Waals surface area contributed by atoms with Crippen LogP contribution in [0.5, 0.6) is 0 Å². The van der Waals surface area contributed by atoms with E-state index < -0.39 is 0 Å². The summed E-state index contributed by atoms with van der Waals surface area (Å²) in [5, 5.41) is 0. The number of nitrogens with zero attached hydrogens (tertiary/aromatic N) is 1. The van der Waals surface area contributed by atoms with Crippen molar-refractivity contribution < 1.29 is 13.2 Å². The van der Waals surface area contributed by atoms with Gasteiger partial charge in [0, 0.05) is 11.6 Å². The van der Waals surface area contributed by atoms with E-state index in [9.17, 15) is 8.78 Å². The van der Waals surface area contributed by atoms with Crippen LogP contribution < -0.4 is 0 Å². The van der Waals surface area contributed by atoms with Crippen molar-refractivity contribution in [3.63, 3.8) is 0 Å². The first-order valence-electron chi connectivity index (χ1n) is 5.04. The molecule has 0 aliphatic heterocycles. The molecule has 1 aromatic heterocycles. The van der Waals surface area contributed by atoms with Gasteiger partial charge in [0.25, 0.3) is 0 Å². The third kappa shape index (κ3) is 1.78. The molecule has 2 nitrogen and oxygen atoms in total. The van der Waals surface area contributed by atoms with Crippen LogP contribution >= 0.6 is 0 Å². The summed E-state index contributed by atoms with van der Waals surface area (Å²) in [5.74, 6) is -0.472. The average molecular weight is 231 g/mol. The van der Waals surface area contributed by atoms with Crippen molar-refractivity contribution in [1.82, 2.24) is 4.98 Å². The van der Waals surface area contributed by atoms with Crippen LogP contribution in [0.3, 0.4) is 0 Å². The molecule has 17 heavy (non-hydrogen) atoms. The molecule has 0 bridgehead atoms. The molecule has 0 aliphatic carbocycles. The van der Waals surface area contributed by atoms with Crippen LogP contribution in [0, 0.1) is 11.6 Å². The van der Waals surface area contributed by atoms with Crippen molar-refractivity contribution >= 4 is 11.1 Å². The normalized spacial score (nSPS) is 10.9. The second kappa shape index (κ2) is 3.66. The van der Waals surface area contributed by atoms with Gasteiger partial charge in [-0.25, -0.2) is 13.8 Å². The van der Waals surface area contributed by atoms with Crippen LogP contribution in [0.25, 0.3) is 22.6 Å². The van der Waals surface area contributed by atoms with Gasteiger partial charge in [-0.15, -0.1) is 0 Å². The Morgan fingerprint density at radius 1 is 0.941 bits per heavy atom. The number of hydrogen-bond acceptors (Lipinski definition) is 2. The van der Waals surface area contributed by atoms with Crippen LogP contribution in [0.1, 0.15) is 0 Å². The van der Waals surface area contributed by atoms with E-state index in [4.69, 9.17) is 4.42 Å². The number of oxazole rings is 1. The Morgan fingerprint density at radius 3 is 2.59 bits per heavy atom. The summed E-state index contributed by atoms with van der Waals surface area (Å²) in [6.07, 6.45) is 0. The molecule has 0 atom stereocenters. The molecule has 0 amide bonds. The van der Waals surface area contributed by atoms with Crippen molar-refractivity contribution in [1.29, 1.82) is 0 Å². The number of halogens is 2. The highest BCUT2D eigenvalue weighted by atomic mass is 19.1.